The first-order chi connectivity index (χ1) is 22.3. The molecule has 0 bridgehead atoms. The van der Waals surface area contributed by atoms with Crippen LogP contribution in [0.25, 0.3) is 0 Å². The van der Waals surface area contributed by atoms with Crippen molar-refractivity contribution in [3.05, 3.63) is 0 Å². The Hall–Kier alpha value is -0.290. The highest BCUT2D eigenvalue weighted by molar-refractivity contribution is 7.80. The highest BCUT2D eigenvalue weighted by Crippen LogP contribution is 2.68. The number of nitrogens with two attached hydrogens (primary N) is 1. The molecule has 9 heteroatoms. The summed E-state index contributed by atoms with van der Waals surface area (Å²) in [6.45, 7) is 15.4. The summed E-state index contributed by atoms with van der Waals surface area (Å²) < 4.78 is 38.9. The van der Waals surface area contributed by atoms with Gasteiger partial charge in [0.1, 0.15) is 0 Å². The van der Waals surface area contributed by atoms with Gasteiger partial charge in [0.25, 0.3) is 0 Å². The number of fused-ring (bicyclic) bond motifs is 5. The quantitative estimate of drug-likeness (QED) is 0.0628. The molecule has 4 aliphatic rings. The molecule has 6 unspecified atom stereocenters. The van der Waals surface area contributed by atoms with Crippen molar-refractivity contribution in [1.82, 2.24) is 10.6 Å². The Morgan fingerprint density at radius 2 is 1.51 bits per heavy atom. The lowest BCUT2D eigenvalue weighted by molar-refractivity contribution is -0.167. The van der Waals surface area contributed by atoms with Crippen LogP contribution in [0, 0.1) is 52.3 Å². The van der Waals surface area contributed by atoms with Crippen molar-refractivity contribution in [2.75, 3.05) is 26.2 Å². The van der Waals surface area contributed by atoms with Crippen molar-refractivity contribution >= 4 is 10.4 Å². The highest BCUT2D eigenvalue weighted by atomic mass is 32.3. The molecule has 4 saturated carbocycles. The summed E-state index contributed by atoms with van der Waals surface area (Å²) in [5.41, 5.74) is 6.11. The van der Waals surface area contributed by atoms with Crippen LogP contribution in [0.3, 0.4) is 0 Å². The summed E-state index contributed by atoms with van der Waals surface area (Å²) in [5.74, 6) is 3.12. The average molecular weight is 683 g/mol. The van der Waals surface area contributed by atoms with Gasteiger partial charge in [0.15, 0.2) is 0 Å². The van der Waals surface area contributed by atoms with Gasteiger partial charge >= 0.3 is 0 Å². The van der Waals surface area contributed by atoms with Gasteiger partial charge in [0.2, 0.25) is 10.4 Å². The Labute approximate surface area is 288 Å². The van der Waals surface area contributed by atoms with Crippen molar-refractivity contribution in [2.45, 2.75) is 162 Å². The molecule has 0 saturated heterocycles. The third kappa shape index (κ3) is 10.2. The standard InChI is InChI=1S/C38H73N3O5S/c1-27(2)35(46-47(43,44)45)16-13-28(3)31-14-15-32-36-33(18-20-38(31,32)5)37(4)19-17-30(25-29(37)26-34(36)42)41-24-12-23-40-22-11-9-7-6-8-10-21-39/h27-36,40-42H,6-26,39H2,1-5H3,(H,43,44,45)/p-1/t28?,29-,30+,31?,32?,33?,34-,35?,36?,37+,38-/m1/s1. The maximum atomic E-state index is 11.8. The van der Waals surface area contributed by atoms with Crippen LogP contribution in [-0.2, 0) is 14.6 Å². The Balaban J connectivity index is 1.23. The first-order valence-electron chi connectivity index (χ1n) is 19.8. The second-order valence-corrected chi connectivity index (χ2v) is 18.3. The Morgan fingerprint density at radius 1 is 0.851 bits per heavy atom. The average Bonchev–Trinajstić information content (AvgIpc) is 3.36. The number of aliphatic hydroxyl groups excluding tert-OH is 1. The number of hydrogen-bond donors (Lipinski definition) is 4. The van der Waals surface area contributed by atoms with E-state index in [9.17, 15) is 18.1 Å². The zero-order valence-electron chi connectivity index (χ0n) is 30.7. The maximum absolute atomic E-state index is 11.8. The van der Waals surface area contributed by atoms with Crippen molar-refractivity contribution in [3.8, 4) is 0 Å². The summed E-state index contributed by atoms with van der Waals surface area (Å²) in [5, 5.41) is 19.4. The minimum Gasteiger partial charge on any atom is -0.726 e. The van der Waals surface area contributed by atoms with E-state index in [4.69, 9.17) is 9.92 Å². The molecule has 0 spiro atoms. The van der Waals surface area contributed by atoms with E-state index in [1.807, 2.05) is 13.8 Å². The zero-order valence-corrected chi connectivity index (χ0v) is 31.5. The van der Waals surface area contributed by atoms with Crippen molar-refractivity contribution in [3.63, 3.8) is 0 Å². The molecule has 4 rings (SSSR count). The fourth-order valence-corrected chi connectivity index (χ4v) is 12.0. The van der Waals surface area contributed by atoms with Crippen LogP contribution in [0.2, 0.25) is 0 Å². The zero-order chi connectivity index (χ0) is 34.2. The van der Waals surface area contributed by atoms with Gasteiger partial charge < -0.3 is 26.0 Å². The van der Waals surface area contributed by atoms with Gasteiger partial charge in [-0.25, -0.2) is 8.42 Å². The largest absolute Gasteiger partial charge is 0.726 e. The van der Waals surface area contributed by atoms with Gasteiger partial charge in [0.05, 0.1) is 12.2 Å². The van der Waals surface area contributed by atoms with Gasteiger partial charge in [-0.2, -0.15) is 0 Å². The Bertz CT molecular complexity index is 1040. The minimum absolute atomic E-state index is 0.0246. The molecule has 276 valence electrons. The molecule has 0 aliphatic heterocycles. The lowest BCUT2D eigenvalue weighted by Gasteiger charge is -2.62. The van der Waals surface area contributed by atoms with Crippen molar-refractivity contribution in [1.29, 1.82) is 0 Å². The van der Waals surface area contributed by atoms with Crippen molar-refractivity contribution in [2.24, 2.45) is 58.0 Å². The molecular formula is C38H72N3O5S-. The summed E-state index contributed by atoms with van der Waals surface area (Å²) in [7, 11) is -4.71. The summed E-state index contributed by atoms with van der Waals surface area (Å²) in [6, 6.07) is 0.575. The topological polar surface area (TPSA) is 137 Å². The molecule has 0 aromatic rings. The molecule has 11 atom stereocenters. The van der Waals surface area contributed by atoms with E-state index in [-0.39, 0.29) is 17.4 Å². The normalized spacial score (nSPS) is 36.9. The van der Waals surface area contributed by atoms with E-state index in [0.717, 1.165) is 45.4 Å². The predicted octanol–water partition coefficient (Wildman–Crippen LogP) is 6.77. The summed E-state index contributed by atoms with van der Waals surface area (Å²) in [4.78, 5) is 0. The Kier molecular flexibility index (Phi) is 14.9. The Morgan fingerprint density at radius 3 is 2.21 bits per heavy atom. The summed E-state index contributed by atoms with van der Waals surface area (Å²) in [6.07, 6.45) is 19.0. The molecule has 0 radical (unpaired) electrons. The van der Waals surface area contributed by atoms with Gasteiger partial charge in [-0.3, -0.25) is 4.18 Å². The van der Waals surface area contributed by atoms with Crippen LogP contribution >= 0.6 is 0 Å². The molecular weight excluding hydrogens is 611 g/mol. The van der Waals surface area contributed by atoms with E-state index in [1.54, 1.807) is 0 Å². The number of unbranched alkanes of at least 4 members (excludes halogenated alkanes) is 5. The molecule has 0 heterocycles. The van der Waals surface area contributed by atoms with Crippen LogP contribution < -0.4 is 16.4 Å². The monoisotopic (exact) mass is 683 g/mol. The third-order valence-corrected chi connectivity index (χ3v) is 14.6. The van der Waals surface area contributed by atoms with Crippen LogP contribution in [0.5, 0.6) is 0 Å². The first kappa shape index (κ1) is 39.5. The summed E-state index contributed by atoms with van der Waals surface area (Å²) >= 11 is 0. The molecule has 47 heavy (non-hydrogen) atoms. The second kappa shape index (κ2) is 17.8. The number of nitrogens with one attached hydrogen (secondary N) is 2. The van der Waals surface area contributed by atoms with Gasteiger partial charge in [-0.1, -0.05) is 60.3 Å². The van der Waals surface area contributed by atoms with E-state index in [0.29, 0.717) is 53.4 Å². The molecule has 4 fully saturated rings. The van der Waals surface area contributed by atoms with E-state index < -0.39 is 16.5 Å². The van der Waals surface area contributed by atoms with Crippen LogP contribution in [0.15, 0.2) is 0 Å². The molecule has 0 amide bonds. The lowest BCUT2D eigenvalue weighted by Crippen LogP contribution is -2.59. The molecule has 4 aliphatic carbocycles. The number of hydrogen-bond acceptors (Lipinski definition) is 8. The number of rotatable bonds is 20. The number of aliphatic hydroxyl groups is 1. The van der Waals surface area contributed by atoms with Crippen molar-refractivity contribution < 1.29 is 22.3 Å². The molecule has 5 N–H and O–H groups in total. The molecule has 0 aromatic heterocycles. The van der Waals surface area contributed by atoms with Gasteiger partial charge in [-0.15, -0.1) is 0 Å². The second-order valence-electron chi connectivity index (χ2n) is 17.3. The SMILES string of the molecule is CC(C)C(CCC(C)C1CCC2C3C(CC[C@]12C)[C@@]1(C)CC[C@H](NCCCNCCCCCCCCN)C[C@@H]1C[C@H]3O)OS(=O)(=O)[O-]. The minimum atomic E-state index is -4.71. The smallest absolute Gasteiger partial charge is 0.217 e. The fourth-order valence-electron chi connectivity index (χ4n) is 11.4. The van der Waals surface area contributed by atoms with Gasteiger partial charge in [0, 0.05) is 6.04 Å². The lowest BCUT2D eigenvalue weighted by atomic mass is 9.43. The van der Waals surface area contributed by atoms with E-state index in [2.05, 4.69) is 31.4 Å². The molecule has 8 nitrogen and oxygen atoms in total. The first-order valence-corrected chi connectivity index (χ1v) is 21.1. The van der Waals surface area contributed by atoms with Crippen LogP contribution in [-0.4, -0.2) is 62.5 Å². The van der Waals surface area contributed by atoms with E-state index >= 15 is 0 Å². The fraction of sp³-hybridized carbons (Fsp3) is 1.00. The van der Waals surface area contributed by atoms with Crippen LogP contribution in [0.4, 0.5) is 0 Å². The van der Waals surface area contributed by atoms with E-state index in [1.165, 1.54) is 83.5 Å². The highest BCUT2D eigenvalue weighted by Gasteiger charge is 2.62. The third-order valence-electron chi connectivity index (χ3n) is 14.1. The predicted molar refractivity (Wildman–Crippen MR) is 190 cm³/mol. The molecule has 0 aromatic carbocycles. The maximum Gasteiger partial charge on any atom is 0.217 e. The van der Waals surface area contributed by atoms with Crippen LogP contribution in [0.1, 0.15) is 144 Å². The van der Waals surface area contributed by atoms with Gasteiger partial charge in [-0.05, 0) is 162 Å².